The number of carbonyl (C=O) groups is 1. The number of carboxylic acid groups (broad SMARTS) is 1. The maximum Gasteiger partial charge on any atom is 0.320 e. The van der Waals surface area contributed by atoms with Crippen molar-refractivity contribution in [3.05, 3.63) is 0 Å². The zero-order valence-corrected chi connectivity index (χ0v) is 5.09. The molecule has 0 rings (SSSR count). The first-order valence-corrected chi connectivity index (χ1v) is 2.42. The molecule has 0 aliphatic rings. The Balaban J connectivity index is 4.84. The van der Waals surface area contributed by atoms with E-state index in [1.807, 2.05) is 0 Å². The molecule has 0 aromatic carbocycles. The Bertz CT molecular complexity index is 227. The number of rotatable bonds is 3. The quantitative estimate of drug-likeness (QED) is 0.555. The fourth-order valence-corrected chi connectivity index (χ4v) is 0.341. The molecule has 0 saturated heterocycles. The van der Waals surface area contributed by atoms with E-state index in [9.17, 15) is 4.79 Å². The van der Waals surface area contributed by atoms with Crippen LogP contribution in [0.4, 0.5) is 0 Å². The average Bonchev–Trinajstić information content (AvgIpc) is 1.99. The zero-order valence-electron chi connectivity index (χ0n) is 10.1. The van der Waals surface area contributed by atoms with E-state index < -0.39 is 31.2 Å². The smallest absolute Gasteiger partial charge is 0.320 e. The van der Waals surface area contributed by atoms with Crippen LogP contribution in [0.5, 0.6) is 0 Å². The molecule has 0 spiro atoms. The summed E-state index contributed by atoms with van der Waals surface area (Å²) < 4.78 is 35.7. The normalized spacial score (nSPS) is 33.3. The van der Waals surface area contributed by atoms with Gasteiger partial charge in [0.25, 0.3) is 0 Å². The highest BCUT2D eigenvalue weighted by atomic mass is 16.4. The van der Waals surface area contributed by atoms with Crippen molar-refractivity contribution in [2.24, 2.45) is 11.6 Å². The van der Waals surface area contributed by atoms with Gasteiger partial charge in [-0.2, -0.15) is 0 Å². The predicted molar refractivity (Wildman–Crippen MR) is 35.1 cm³/mol. The van der Waals surface area contributed by atoms with E-state index in [2.05, 4.69) is 0 Å². The minimum atomic E-state index is -2.73. The topological polar surface area (TPSA) is 63.3 Å². The van der Waals surface area contributed by atoms with Crippen LogP contribution in [0.1, 0.15) is 27.0 Å². The Morgan fingerprint density at radius 3 is 3.11 bits per heavy atom. The molecule has 0 heterocycles. The van der Waals surface area contributed by atoms with E-state index in [0.717, 1.165) is 6.92 Å². The molecule has 0 saturated carbocycles. The molecule has 3 atom stereocenters. The van der Waals surface area contributed by atoms with Crippen molar-refractivity contribution >= 4 is 5.97 Å². The summed E-state index contributed by atoms with van der Waals surface area (Å²) in [5.41, 5.74) is 5.09. The highest BCUT2D eigenvalue weighted by molar-refractivity contribution is 5.72. The predicted octanol–water partition coefficient (Wildman–Crippen LogP) is 0.444. The van der Waals surface area contributed by atoms with Gasteiger partial charge in [-0.3, -0.25) is 4.79 Å². The van der Waals surface area contributed by atoms with E-state index in [0.29, 0.717) is 0 Å². The monoisotopic (exact) mass is 137 g/mol. The molecule has 0 aliphatic carbocycles. The molecule has 0 fully saturated rings. The maximum atomic E-state index is 10.4. The van der Waals surface area contributed by atoms with Gasteiger partial charge in [0, 0.05) is 6.85 Å². The molecule has 3 nitrogen and oxygen atoms in total. The molecule has 0 aromatic rings. The van der Waals surface area contributed by atoms with Crippen LogP contribution in [0, 0.1) is 5.89 Å². The number of aliphatic carboxylic acids is 1. The first kappa shape index (κ1) is 3.01. The third-order valence-corrected chi connectivity index (χ3v) is 0.715. The van der Waals surface area contributed by atoms with Gasteiger partial charge in [-0.1, -0.05) is 13.8 Å². The lowest BCUT2D eigenvalue weighted by Crippen LogP contribution is -2.31. The van der Waals surface area contributed by atoms with Crippen LogP contribution >= 0.6 is 0 Å². The summed E-state index contributed by atoms with van der Waals surface area (Å²) in [6.07, 6.45) is -1.70. The Morgan fingerprint density at radius 1 is 2.22 bits per heavy atom. The van der Waals surface area contributed by atoms with Gasteiger partial charge in [-0.05, 0) is 12.3 Å². The van der Waals surface area contributed by atoms with Gasteiger partial charge in [0.2, 0.25) is 0 Å². The zero-order chi connectivity index (χ0) is 11.7. The lowest BCUT2D eigenvalue weighted by atomic mass is 10.1. The molecule has 0 bridgehead atoms. The molecule has 0 aliphatic heterocycles. The fraction of sp³-hybridized carbons (Fsp3) is 0.833. The second kappa shape index (κ2) is 3.45. The molecular formula is C6H13NO2. The van der Waals surface area contributed by atoms with Gasteiger partial charge in [-0.25, -0.2) is 0 Å². The number of carboxylic acids is 1. The van der Waals surface area contributed by atoms with Crippen molar-refractivity contribution in [3.63, 3.8) is 0 Å². The van der Waals surface area contributed by atoms with E-state index in [-0.39, 0.29) is 0 Å². The van der Waals surface area contributed by atoms with Crippen LogP contribution in [-0.4, -0.2) is 17.1 Å². The van der Waals surface area contributed by atoms with Crippen molar-refractivity contribution in [1.82, 2.24) is 0 Å². The Labute approximate surface area is 61.9 Å². The van der Waals surface area contributed by atoms with Crippen LogP contribution in [0.15, 0.2) is 0 Å². The molecule has 0 aromatic heterocycles. The molecular weight excluding hydrogens is 119 g/mol. The summed E-state index contributed by atoms with van der Waals surface area (Å²) >= 11 is 0. The lowest BCUT2D eigenvalue weighted by Gasteiger charge is -2.07. The molecule has 3 heteroatoms. The minimum Gasteiger partial charge on any atom is -0.480 e. The molecule has 0 radical (unpaired) electrons. The number of nitrogens with two attached hydrogens (primary N) is 1. The average molecular weight is 137 g/mol. The van der Waals surface area contributed by atoms with E-state index in [4.69, 9.17) is 17.7 Å². The third kappa shape index (κ3) is 3.97. The standard InChI is InChI=1S/C6H13NO2/c1-4(2)3-5(7)6(8)9/h4-5H,3,7H2,1-2H3,(H,8,9)/t5-/m0/s1/i1D3,2+1,3D,4D/t3-,4+,5+/m1. The number of hydrogen-bond donors (Lipinski definition) is 2. The summed E-state index contributed by atoms with van der Waals surface area (Å²) in [5.74, 6) is -3.67. The van der Waals surface area contributed by atoms with E-state index in [1.165, 1.54) is 0 Å². The van der Waals surface area contributed by atoms with Gasteiger partial charge in [0.15, 0.2) is 0 Å². The Morgan fingerprint density at radius 2 is 2.78 bits per heavy atom. The minimum absolute atomic E-state index is 0.987. The maximum absolute atomic E-state index is 10.4. The van der Waals surface area contributed by atoms with E-state index >= 15 is 0 Å². The molecule has 0 unspecified atom stereocenters. The largest absolute Gasteiger partial charge is 0.480 e. The summed E-state index contributed by atoms with van der Waals surface area (Å²) in [7, 11) is 0. The van der Waals surface area contributed by atoms with Crippen LogP contribution in [-0.2, 0) is 4.79 Å². The van der Waals surface area contributed by atoms with Crippen molar-refractivity contribution in [2.45, 2.75) is 26.2 Å². The summed E-state index contributed by atoms with van der Waals surface area (Å²) in [6, 6.07) is -1.67. The second-order valence-corrected chi connectivity index (χ2v) is 1.71. The van der Waals surface area contributed by atoms with E-state index in [1.54, 1.807) is 0 Å². The van der Waals surface area contributed by atoms with Gasteiger partial charge in [0.05, 0.1) is 0 Å². The summed E-state index contributed by atoms with van der Waals surface area (Å²) in [4.78, 5) is 10.4. The van der Waals surface area contributed by atoms with Crippen LogP contribution < -0.4 is 5.73 Å². The highest BCUT2D eigenvalue weighted by Gasteiger charge is 2.11. The summed E-state index contributed by atoms with van der Waals surface area (Å²) in [5, 5.41) is 8.47. The fourth-order valence-electron chi connectivity index (χ4n) is 0.341. The van der Waals surface area contributed by atoms with Crippen molar-refractivity contribution in [2.75, 3.05) is 0 Å². The van der Waals surface area contributed by atoms with Crippen molar-refractivity contribution in [3.8, 4) is 0 Å². The van der Waals surface area contributed by atoms with Crippen LogP contribution in [0.2, 0.25) is 0 Å². The number of hydrogen-bond acceptors (Lipinski definition) is 2. The van der Waals surface area contributed by atoms with Crippen LogP contribution in [0.3, 0.4) is 0 Å². The third-order valence-electron chi connectivity index (χ3n) is 0.715. The SMILES string of the molecule is [2H][C@@H]([C@H](N)C(=O)O)[C@]([2H])([13CH3])C([2H])([2H])[2H]. The molecule has 54 valence electrons. The highest BCUT2D eigenvalue weighted by Crippen LogP contribution is 2.01. The molecule has 3 N–H and O–H groups in total. The second-order valence-electron chi connectivity index (χ2n) is 1.71. The van der Waals surface area contributed by atoms with Gasteiger partial charge < -0.3 is 10.8 Å². The van der Waals surface area contributed by atoms with Crippen LogP contribution in [0.25, 0.3) is 0 Å². The Kier molecular flexibility index (Phi) is 1.16. The van der Waals surface area contributed by atoms with Crippen molar-refractivity contribution < 1.29 is 16.8 Å². The first-order valence-electron chi connectivity index (χ1n) is 5.00. The molecule has 0 amide bonds. The van der Waals surface area contributed by atoms with Crippen molar-refractivity contribution in [1.29, 1.82) is 0 Å². The Hall–Kier alpha value is -0.570. The van der Waals surface area contributed by atoms with Gasteiger partial charge in [0.1, 0.15) is 6.04 Å². The molecule has 9 heavy (non-hydrogen) atoms. The lowest BCUT2D eigenvalue weighted by molar-refractivity contribution is -0.138. The first-order chi connectivity index (χ1) is 6.01. The summed E-state index contributed by atoms with van der Waals surface area (Å²) in [6.45, 7) is -1.74. The van der Waals surface area contributed by atoms with Gasteiger partial charge in [-0.15, -0.1) is 0 Å². The van der Waals surface area contributed by atoms with Gasteiger partial charge >= 0.3 is 5.97 Å².